The highest BCUT2D eigenvalue weighted by molar-refractivity contribution is 5.80. The SMILES string of the molecule is NC(=O)CN(CCN(CCN(CC(N)=O)CC(N)=O)CCN(CC(N)=O)CC(N)=O)CC(N)=O. The minimum Gasteiger partial charge on any atom is -0.369 e. The Bertz CT molecular complexity index is 591. The second-order valence-corrected chi connectivity index (χ2v) is 7.77. The highest BCUT2D eigenvalue weighted by atomic mass is 16.2. The molecular formula is C18H36N10O6. The van der Waals surface area contributed by atoms with Crippen LogP contribution < -0.4 is 34.4 Å². The second kappa shape index (κ2) is 16.3. The summed E-state index contributed by atoms with van der Waals surface area (Å²) in [6.07, 6.45) is 0. The molecule has 16 heteroatoms. The van der Waals surface area contributed by atoms with Gasteiger partial charge in [0, 0.05) is 39.3 Å². The Morgan fingerprint density at radius 3 is 0.618 bits per heavy atom. The van der Waals surface area contributed by atoms with Crippen molar-refractivity contribution in [1.29, 1.82) is 0 Å². The van der Waals surface area contributed by atoms with E-state index in [4.69, 9.17) is 34.4 Å². The topological polar surface area (TPSA) is 272 Å². The number of primary amides is 6. The van der Waals surface area contributed by atoms with Crippen molar-refractivity contribution in [3.63, 3.8) is 0 Å². The minimum absolute atomic E-state index is 0.193. The van der Waals surface area contributed by atoms with Crippen molar-refractivity contribution in [2.24, 2.45) is 34.4 Å². The fourth-order valence-corrected chi connectivity index (χ4v) is 3.15. The van der Waals surface area contributed by atoms with Crippen molar-refractivity contribution in [2.45, 2.75) is 0 Å². The lowest BCUT2D eigenvalue weighted by atomic mass is 10.3. The Balaban J connectivity index is 5.35. The number of hydrogen-bond acceptors (Lipinski definition) is 10. The molecule has 0 aromatic carbocycles. The van der Waals surface area contributed by atoms with E-state index in [0.717, 1.165) is 0 Å². The van der Waals surface area contributed by atoms with Crippen molar-refractivity contribution >= 4 is 35.4 Å². The molecule has 194 valence electrons. The zero-order chi connectivity index (χ0) is 26.3. The maximum Gasteiger partial charge on any atom is 0.231 e. The van der Waals surface area contributed by atoms with Crippen molar-refractivity contribution < 1.29 is 28.8 Å². The van der Waals surface area contributed by atoms with Crippen LogP contribution in [0.4, 0.5) is 0 Å². The van der Waals surface area contributed by atoms with Gasteiger partial charge in [0.15, 0.2) is 0 Å². The Morgan fingerprint density at radius 1 is 0.324 bits per heavy atom. The van der Waals surface area contributed by atoms with Gasteiger partial charge in [-0.05, 0) is 0 Å². The van der Waals surface area contributed by atoms with Gasteiger partial charge in [0.25, 0.3) is 0 Å². The van der Waals surface area contributed by atoms with Crippen LogP contribution in [0, 0.1) is 0 Å². The number of carbonyl (C=O) groups excluding carboxylic acids is 6. The number of nitrogens with two attached hydrogens (primary N) is 6. The highest BCUT2D eigenvalue weighted by Gasteiger charge is 2.18. The Labute approximate surface area is 197 Å². The average Bonchev–Trinajstić information content (AvgIpc) is 2.63. The molecule has 6 amide bonds. The van der Waals surface area contributed by atoms with Crippen LogP contribution in [-0.2, 0) is 28.8 Å². The first-order valence-corrected chi connectivity index (χ1v) is 10.4. The normalized spacial score (nSPS) is 11.3. The summed E-state index contributed by atoms with van der Waals surface area (Å²) >= 11 is 0. The Kier molecular flexibility index (Phi) is 14.7. The molecule has 0 heterocycles. The summed E-state index contributed by atoms with van der Waals surface area (Å²) in [5.74, 6) is -3.86. The summed E-state index contributed by atoms with van der Waals surface area (Å²) < 4.78 is 0. The van der Waals surface area contributed by atoms with Gasteiger partial charge < -0.3 is 34.4 Å². The molecule has 0 spiro atoms. The average molecular weight is 489 g/mol. The molecule has 0 aliphatic carbocycles. The number of carbonyl (C=O) groups is 6. The first kappa shape index (κ1) is 30.7. The molecule has 0 aliphatic heterocycles. The highest BCUT2D eigenvalue weighted by Crippen LogP contribution is 1.98. The molecule has 0 aromatic heterocycles. The Morgan fingerprint density at radius 2 is 0.471 bits per heavy atom. The van der Waals surface area contributed by atoms with Crippen LogP contribution in [0.15, 0.2) is 0 Å². The molecule has 0 atom stereocenters. The van der Waals surface area contributed by atoms with E-state index < -0.39 is 35.4 Å². The van der Waals surface area contributed by atoms with Crippen molar-refractivity contribution in [3.8, 4) is 0 Å². The van der Waals surface area contributed by atoms with Gasteiger partial charge in [0.2, 0.25) is 35.4 Å². The first-order valence-electron chi connectivity index (χ1n) is 10.4. The monoisotopic (exact) mass is 488 g/mol. The van der Waals surface area contributed by atoms with Crippen molar-refractivity contribution in [1.82, 2.24) is 19.6 Å². The van der Waals surface area contributed by atoms with Crippen LogP contribution in [0.5, 0.6) is 0 Å². The maximum atomic E-state index is 11.3. The molecule has 0 fully saturated rings. The molecule has 0 unspecified atom stereocenters. The van der Waals surface area contributed by atoms with Gasteiger partial charge >= 0.3 is 0 Å². The fraction of sp³-hybridized carbons (Fsp3) is 0.667. The zero-order valence-electron chi connectivity index (χ0n) is 19.2. The van der Waals surface area contributed by atoms with Crippen LogP contribution in [-0.4, -0.2) is 134 Å². The zero-order valence-corrected chi connectivity index (χ0v) is 19.2. The molecule has 0 rings (SSSR count). The van der Waals surface area contributed by atoms with E-state index in [9.17, 15) is 28.8 Å². The lowest BCUT2D eigenvalue weighted by Crippen LogP contribution is -2.49. The summed E-state index contributed by atoms with van der Waals surface area (Å²) in [6.45, 7) is 0.444. The first-order chi connectivity index (χ1) is 15.8. The van der Waals surface area contributed by atoms with Gasteiger partial charge in [-0.2, -0.15) is 0 Å². The van der Waals surface area contributed by atoms with Crippen LogP contribution >= 0.6 is 0 Å². The molecule has 12 N–H and O–H groups in total. The fourth-order valence-electron chi connectivity index (χ4n) is 3.15. The molecule has 16 nitrogen and oxygen atoms in total. The quantitative estimate of drug-likeness (QED) is 0.0887. The van der Waals surface area contributed by atoms with Crippen molar-refractivity contribution in [2.75, 3.05) is 78.5 Å². The molecule has 0 saturated heterocycles. The standard InChI is InChI=1S/C18H36N10O6/c19-13(29)7-26(8-14(20)30)4-1-25(2-5-27(9-15(21)31)10-16(22)32)3-6-28(11-17(23)33)12-18(24)34/h1-12H2,(H2,19,29)(H2,20,30)(H2,21,31)(H2,22,32)(H2,23,33)(H2,24,34). The second-order valence-electron chi connectivity index (χ2n) is 7.77. The van der Waals surface area contributed by atoms with E-state index >= 15 is 0 Å². The molecule has 0 saturated carbocycles. The van der Waals surface area contributed by atoms with Gasteiger partial charge in [-0.15, -0.1) is 0 Å². The molecule has 0 aliphatic rings. The molecular weight excluding hydrogens is 452 g/mol. The summed E-state index contributed by atoms with van der Waals surface area (Å²) in [5, 5.41) is 0. The lowest BCUT2D eigenvalue weighted by Gasteiger charge is -2.30. The third-order valence-electron chi connectivity index (χ3n) is 4.47. The predicted molar refractivity (Wildman–Crippen MR) is 121 cm³/mol. The molecule has 0 radical (unpaired) electrons. The third-order valence-corrected chi connectivity index (χ3v) is 4.47. The van der Waals surface area contributed by atoms with Crippen LogP contribution in [0.2, 0.25) is 0 Å². The van der Waals surface area contributed by atoms with Gasteiger partial charge in [-0.3, -0.25) is 48.4 Å². The van der Waals surface area contributed by atoms with E-state index in [-0.39, 0.29) is 58.9 Å². The van der Waals surface area contributed by atoms with Crippen LogP contribution in [0.25, 0.3) is 0 Å². The summed E-state index contributed by atoms with van der Waals surface area (Å²) in [6, 6.07) is 0. The molecule has 34 heavy (non-hydrogen) atoms. The number of rotatable bonds is 21. The maximum absolute atomic E-state index is 11.3. The van der Waals surface area contributed by atoms with Gasteiger partial charge in [0.1, 0.15) is 0 Å². The smallest absolute Gasteiger partial charge is 0.231 e. The van der Waals surface area contributed by atoms with Gasteiger partial charge in [0.05, 0.1) is 39.3 Å². The van der Waals surface area contributed by atoms with E-state index in [1.165, 1.54) is 14.7 Å². The number of amides is 6. The van der Waals surface area contributed by atoms with E-state index in [2.05, 4.69) is 0 Å². The third kappa shape index (κ3) is 17.2. The van der Waals surface area contributed by atoms with E-state index in [1.807, 2.05) is 4.90 Å². The summed E-state index contributed by atoms with van der Waals surface area (Å²) in [7, 11) is 0. The van der Waals surface area contributed by atoms with Crippen molar-refractivity contribution in [3.05, 3.63) is 0 Å². The minimum atomic E-state index is -0.643. The van der Waals surface area contributed by atoms with Gasteiger partial charge in [-0.1, -0.05) is 0 Å². The molecule has 0 bridgehead atoms. The predicted octanol–water partition coefficient (Wildman–Crippen LogP) is -6.89. The summed E-state index contributed by atoms with van der Waals surface area (Å²) in [4.78, 5) is 74.1. The number of hydrogen-bond donors (Lipinski definition) is 6. The van der Waals surface area contributed by atoms with Crippen LogP contribution in [0.1, 0.15) is 0 Å². The molecule has 0 aromatic rings. The summed E-state index contributed by atoms with van der Waals surface area (Å²) in [5.41, 5.74) is 31.3. The van der Waals surface area contributed by atoms with E-state index in [1.54, 1.807) is 0 Å². The Hall–Kier alpha value is -3.34. The van der Waals surface area contributed by atoms with Crippen LogP contribution in [0.3, 0.4) is 0 Å². The number of nitrogens with zero attached hydrogens (tertiary/aromatic N) is 4. The largest absolute Gasteiger partial charge is 0.369 e. The lowest BCUT2D eigenvalue weighted by molar-refractivity contribution is -0.123. The van der Waals surface area contributed by atoms with Gasteiger partial charge in [-0.25, -0.2) is 0 Å². The van der Waals surface area contributed by atoms with E-state index in [0.29, 0.717) is 19.6 Å².